The standard InChI is InChI=1S/C14H25NO3/c1-10-5-11(2)9-15(8-10)12(16)6-14(3,4)7-13(17)18/h10-11H,5-9H2,1-4H3,(H,17,18)/p-1/t10-,11+. The third-order valence-electron chi connectivity index (χ3n) is 3.47. The summed E-state index contributed by atoms with van der Waals surface area (Å²) in [6, 6.07) is 0. The fraction of sp³-hybridized carbons (Fsp3) is 0.857. The second-order valence-corrected chi connectivity index (χ2v) is 6.63. The molecule has 0 bridgehead atoms. The van der Waals surface area contributed by atoms with Crippen LogP contribution in [0.25, 0.3) is 0 Å². The predicted octanol–water partition coefficient (Wildman–Crippen LogP) is 1.05. The summed E-state index contributed by atoms with van der Waals surface area (Å²) in [6.45, 7) is 9.51. The highest BCUT2D eigenvalue weighted by Crippen LogP contribution is 2.28. The number of carbonyl (C=O) groups is 2. The lowest BCUT2D eigenvalue weighted by molar-refractivity contribution is -0.307. The molecule has 1 amide bonds. The lowest BCUT2D eigenvalue weighted by Gasteiger charge is -2.37. The molecule has 0 radical (unpaired) electrons. The average molecular weight is 254 g/mol. The maximum atomic E-state index is 12.2. The van der Waals surface area contributed by atoms with Crippen molar-refractivity contribution in [1.82, 2.24) is 4.90 Å². The smallest absolute Gasteiger partial charge is 0.223 e. The van der Waals surface area contributed by atoms with E-state index in [2.05, 4.69) is 13.8 Å². The Morgan fingerprint density at radius 1 is 1.17 bits per heavy atom. The number of carboxylic acid groups (broad SMARTS) is 1. The Hall–Kier alpha value is -1.06. The molecule has 0 aromatic rings. The Morgan fingerprint density at radius 3 is 2.11 bits per heavy atom. The third kappa shape index (κ3) is 4.67. The van der Waals surface area contributed by atoms with Gasteiger partial charge in [0.15, 0.2) is 0 Å². The maximum Gasteiger partial charge on any atom is 0.223 e. The number of piperidine rings is 1. The first-order valence-electron chi connectivity index (χ1n) is 6.67. The SMILES string of the molecule is C[C@@H]1C[C@H](C)CN(C(=O)CC(C)(C)CC(=O)[O-])C1. The molecule has 0 aliphatic carbocycles. The van der Waals surface area contributed by atoms with E-state index in [0.29, 0.717) is 11.8 Å². The van der Waals surface area contributed by atoms with Crippen molar-refractivity contribution in [2.75, 3.05) is 13.1 Å². The number of hydrogen-bond acceptors (Lipinski definition) is 3. The van der Waals surface area contributed by atoms with Crippen LogP contribution in [0.1, 0.15) is 47.0 Å². The molecule has 104 valence electrons. The van der Waals surface area contributed by atoms with Crippen molar-refractivity contribution in [3.63, 3.8) is 0 Å². The molecule has 1 aliphatic heterocycles. The number of nitrogens with zero attached hydrogens (tertiary/aromatic N) is 1. The number of hydrogen-bond donors (Lipinski definition) is 0. The van der Waals surface area contributed by atoms with Crippen LogP contribution in [-0.2, 0) is 9.59 Å². The zero-order valence-electron chi connectivity index (χ0n) is 11.9. The lowest BCUT2D eigenvalue weighted by atomic mass is 9.84. The molecular weight excluding hydrogens is 230 g/mol. The maximum absolute atomic E-state index is 12.2. The lowest BCUT2D eigenvalue weighted by Crippen LogP contribution is -2.44. The minimum absolute atomic E-state index is 0.0691. The normalized spacial score (nSPS) is 25.0. The van der Waals surface area contributed by atoms with Gasteiger partial charge in [0, 0.05) is 25.5 Å². The van der Waals surface area contributed by atoms with Gasteiger partial charge in [0.2, 0.25) is 5.91 Å². The topological polar surface area (TPSA) is 60.4 Å². The number of likely N-dealkylation sites (tertiary alicyclic amines) is 1. The first kappa shape index (κ1) is 15.0. The number of aliphatic carboxylic acids is 1. The zero-order valence-corrected chi connectivity index (χ0v) is 11.9. The Labute approximate surface area is 109 Å². The molecule has 0 N–H and O–H groups in total. The Kier molecular flexibility index (Phi) is 4.77. The first-order valence-corrected chi connectivity index (χ1v) is 6.67. The van der Waals surface area contributed by atoms with Gasteiger partial charge in [-0.3, -0.25) is 4.79 Å². The van der Waals surface area contributed by atoms with Crippen LogP contribution in [0.15, 0.2) is 0 Å². The van der Waals surface area contributed by atoms with Gasteiger partial charge in [-0.05, 0) is 30.1 Å². The van der Waals surface area contributed by atoms with Gasteiger partial charge in [-0.25, -0.2) is 0 Å². The van der Waals surface area contributed by atoms with Gasteiger partial charge in [-0.15, -0.1) is 0 Å². The Bertz CT molecular complexity index is 315. The molecule has 0 spiro atoms. The van der Waals surface area contributed by atoms with Crippen molar-refractivity contribution in [1.29, 1.82) is 0 Å². The van der Waals surface area contributed by atoms with Crippen LogP contribution in [0.5, 0.6) is 0 Å². The number of rotatable bonds is 4. The highest BCUT2D eigenvalue weighted by molar-refractivity contribution is 5.78. The van der Waals surface area contributed by atoms with E-state index in [-0.39, 0.29) is 18.7 Å². The van der Waals surface area contributed by atoms with Gasteiger partial charge in [-0.1, -0.05) is 27.7 Å². The van der Waals surface area contributed by atoms with E-state index in [1.807, 2.05) is 4.90 Å². The second kappa shape index (κ2) is 5.72. The van der Waals surface area contributed by atoms with E-state index in [4.69, 9.17) is 0 Å². The monoisotopic (exact) mass is 254 g/mol. The van der Waals surface area contributed by atoms with Crippen molar-refractivity contribution in [3.05, 3.63) is 0 Å². The summed E-state index contributed by atoms with van der Waals surface area (Å²) in [5.41, 5.74) is -0.528. The van der Waals surface area contributed by atoms with Gasteiger partial charge in [-0.2, -0.15) is 0 Å². The average Bonchev–Trinajstić information content (AvgIpc) is 2.12. The van der Waals surface area contributed by atoms with Gasteiger partial charge >= 0.3 is 0 Å². The predicted molar refractivity (Wildman–Crippen MR) is 67.5 cm³/mol. The molecular formula is C14H24NO3-. The van der Waals surface area contributed by atoms with Gasteiger partial charge in [0.1, 0.15) is 0 Å². The first-order chi connectivity index (χ1) is 8.19. The van der Waals surface area contributed by atoms with E-state index in [9.17, 15) is 14.7 Å². The van der Waals surface area contributed by atoms with Crippen LogP contribution >= 0.6 is 0 Å². The van der Waals surface area contributed by atoms with E-state index in [1.165, 1.54) is 0 Å². The summed E-state index contributed by atoms with van der Waals surface area (Å²) in [5.74, 6) is 0.0386. The van der Waals surface area contributed by atoms with Crippen LogP contribution in [0, 0.1) is 17.3 Å². The van der Waals surface area contributed by atoms with Crippen molar-refractivity contribution in [2.24, 2.45) is 17.3 Å². The minimum atomic E-state index is -1.09. The molecule has 0 aromatic carbocycles. The summed E-state index contributed by atoms with van der Waals surface area (Å²) >= 11 is 0. The van der Waals surface area contributed by atoms with Crippen molar-refractivity contribution >= 4 is 11.9 Å². The summed E-state index contributed by atoms with van der Waals surface area (Å²) < 4.78 is 0. The van der Waals surface area contributed by atoms with Crippen LogP contribution in [0.4, 0.5) is 0 Å². The van der Waals surface area contributed by atoms with Gasteiger partial charge in [0.25, 0.3) is 0 Å². The minimum Gasteiger partial charge on any atom is -0.550 e. The fourth-order valence-corrected chi connectivity index (χ4v) is 2.84. The number of carbonyl (C=O) groups excluding carboxylic acids is 2. The van der Waals surface area contributed by atoms with Crippen LogP contribution in [0.3, 0.4) is 0 Å². The van der Waals surface area contributed by atoms with Crippen molar-refractivity contribution < 1.29 is 14.7 Å². The van der Waals surface area contributed by atoms with E-state index in [1.54, 1.807) is 13.8 Å². The fourth-order valence-electron chi connectivity index (χ4n) is 2.84. The van der Waals surface area contributed by atoms with Crippen molar-refractivity contribution in [2.45, 2.75) is 47.0 Å². The number of amides is 1. The summed E-state index contributed by atoms with van der Waals surface area (Å²) in [4.78, 5) is 24.7. The molecule has 2 atom stereocenters. The van der Waals surface area contributed by atoms with Crippen LogP contribution in [0.2, 0.25) is 0 Å². The quantitative estimate of drug-likeness (QED) is 0.753. The van der Waals surface area contributed by atoms with E-state index in [0.717, 1.165) is 19.5 Å². The van der Waals surface area contributed by atoms with Crippen molar-refractivity contribution in [3.8, 4) is 0 Å². The van der Waals surface area contributed by atoms with E-state index >= 15 is 0 Å². The Morgan fingerprint density at radius 2 is 1.67 bits per heavy atom. The molecule has 4 nitrogen and oxygen atoms in total. The molecule has 0 unspecified atom stereocenters. The van der Waals surface area contributed by atoms with Gasteiger partial charge < -0.3 is 14.8 Å². The summed E-state index contributed by atoms with van der Waals surface area (Å²) in [7, 11) is 0. The van der Waals surface area contributed by atoms with Crippen LogP contribution in [-0.4, -0.2) is 29.9 Å². The van der Waals surface area contributed by atoms with Gasteiger partial charge in [0.05, 0.1) is 0 Å². The molecule has 1 saturated heterocycles. The zero-order chi connectivity index (χ0) is 13.9. The molecule has 1 aliphatic rings. The summed E-state index contributed by atoms with van der Waals surface area (Å²) in [5, 5.41) is 10.6. The highest BCUT2D eigenvalue weighted by atomic mass is 16.4. The molecule has 1 fully saturated rings. The largest absolute Gasteiger partial charge is 0.550 e. The number of carboxylic acids is 1. The van der Waals surface area contributed by atoms with Crippen LogP contribution < -0.4 is 5.11 Å². The highest BCUT2D eigenvalue weighted by Gasteiger charge is 2.29. The molecule has 1 heterocycles. The van der Waals surface area contributed by atoms with E-state index < -0.39 is 11.4 Å². The summed E-state index contributed by atoms with van der Waals surface area (Å²) in [6.07, 6.45) is 1.37. The molecule has 0 saturated carbocycles. The molecule has 18 heavy (non-hydrogen) atoms. The molecule has 0 aromatic heterocycles. The Balaban J connectivity index is 2.56. The second-order valence-electron chi connectivity index (χ2n) is 6.63. The third-order valence-corrected chi connectivity index (χ3v) is 3.47. The molecule has 1 rings (SSSR count). The molecule has 4 heteroatoms.